The maximum Gasteiger partial charge on any atom is 0.416 e. The molecule has 0 saturated heterocycles. The fourth-order valence-corrected chi connectivity index (χ4v) is 3.05. The van der Waals surface area contributed by atoms with Crippen LogP contribution in [0.2, 0.25) is 0 Å². The Morgan fingerprint density at radius 1 is 1.03 bits per heavy atom. The second-order valence-corrected chi connectivity index (χ2v) is 6.58. The molecule has 2 aromatic carbocycles. The molecule has 1 N–H and O–H groups in total. The first-order valence-electron chi connectivity index (χ1n) is 8.88. The molecule has 0 fully saturated rings. The van der Waals surface area contributed by atoms with Crippen LogP contribution in [-0.4, -0.2) is 17.3 Å². The van der Waals surface area contributed by atoms with E-state index in [1.165, 1.54) is 35.0 Å². The van der Waals surface area contributed by atoms with Gasteiger partial charge in [-0.3, -0.25) is 9.59 Å². The van der Waals surface area contributed by atoms with Crippen molar-refractivity contribution in [2.75, 3.05) is 12.1 Å². The van der Waals surface area contributed by atoms with Crippen LogP contribution in [0.5, 0.6) is 11.5 Å². The number of rotatable bonds is 4. The molecule has 0 unspecified atom stereocenters. The number of anilines is 1. The number of carbonyl (C=O) groups excluding carboxylic acids is 1. The van der Waals surface area contributed by atoms with Crippen LogP contribution in [0.25, 0.3) is 0 Å². The number of hydrogen-bond acceptors (Lipinski definition) is 4. The lowest BCUT2D eigenvalue weighted by molar-refractivity contribution is -0.137. The van der Waals surface area contributed by atoms with Gasteiger partial charge in [0.05, 0.1) is 12.1 Å². The van der Waals surface area contributed by atoms with Crippen LogP contribution in [0.15, 0.2) is 65.6 Å². The predicted molar refractivity (Wildman–Crippen MR) is 102 cm³/mol. The van der Waals surface area contributed by atoms with Crippen molar-refractivity contribution in [2.45, 2.75) is 12.7 Å². The monoisotopic (exact) mass is 416 g/mol. The third-order valence-corrected chi connectivity index (χ3v) is 4.50. The van der Waals surface area contributed by atoms with E-state index in [9.17, 15) is 22.8 Å². The molecule has 154 valence electrons. The highest BCUT2D eigenvalue weighted by Crippen LogP contribution is 2.34. The van der Waals surface area contributed by atoms with Gasteiger partial charge in [0.15, 0.2) is 11.5 Å². The van der Waals surface area contributed by atoms with Gasteiger partial charge in [0.25, 0.3) is 11.5 Å². The number of fused-ring (bicyclic) bond motifs is 1. The Hall–Kier alpha value is -3.75. The van der Waals surface area contributed by atoms with E-state index in [0.29, 0.717) is 22.7 Å². The first kappa shape index (κ1) is 19.6. The van der Waals surface area contributed by atoms with Crippen molar-refractivity contribution in [3.05, 3.63) is 87.8 Å². The molecule has 3 aromatic rings. The Kier molecular flexibility index (Phi) is 4.94. The molecule has 1 aliphatic heterocycles. The zero-order valence-corrected chi connectivity index (χ0v) is 15.4. The molecule has 0 aliphatic carbocycles. The quantitative estimate of drug-likeness (QED) is 0.701. The van der Waals surface area contributed by atoms with E-state index < -0.39 is 23.2 Å². The van der Waals surface area contributed by atoms with E-state index >= 15 is 0 Å². The predicted octanol–water partition coefficient (Wildman–Crippen LogP) is 3.90. The SMILES string of the molecule is O=C(Nc1ccc2c(c1)OCO2)c1cccn(Cc2cccc(C(F)(F)F)c2)c1=O. The van der Waals surface area contributed by atoms with Gasteiger partial charge < -0.3 is 19.4 Å². The molecule has 1 aromatic heterocycles. The Bertz CT molecular complexity index is 1170. The van der Waals surface area contributed by atoms with Gasteiger partial charge in [-0.1, -0.05) is 12.1 Å². The van der Waals surface area contributed by atoms with Gasteiger partial charge in [0.1, 0.15) is 5.56 Å². The van der Waals surface area contributed by atoms with Crippen molar-refractivity contribution in [1.29, 1.82) is 0 Å². The maximum absolute atomic E-state index is 12.9. The van der Waals surface area contributed by atoms with E-state index in [2.05, 4.69) is 5.32 Å². The second-order valence-electron chi connectivity index (χ2n) is 6.58. The molecule has 0 radical (unpaired) electrons. The standard InChI is InChI=1S/C21H15F3N2O4/c22-21(23,24)14-4-1-3-13(9-14)11-26-8-2-5-16(20(26)28)19(27)25-15-6-7-17-18(10-15)30-12-29-17/h1-10H,11-12H2,(H,25,27). The van der Waals surface area contributed by atoms with Crippen LogP contribution in [0, 0.1) is 0 Å². The third kappa shape index (κ3) is 4.00. The van der Waals surface area contributed by atoms with E-state index in [1.807, 2.05) is 0 Å². The number of hydrogen-bond donors (Lipinski definition) is 1. The Labute approximate surface area is 168 Å². The summed E-state index contributed by atoms with van der Waals surface area (Å²) in [7, 11) is 0. The topological polar surface area (TPSA) is 69.6 Å². The molecule has 4 rings (SSSR count). The van der Waals surface area contributed by atoms with E-state index in [1.54, 1.807) is 18.2 Å². The molecule has 0 atom stereocenters. The van der Waals surface area contributed by atoms with Crippen molar-refractivity contribution in [3.63, 3.8) is 0 Å². The molecular formula is C21H15F3N2O4. The number of nitrogens with one attached hydrogen (secondary N) is 1. The first-order valence-corrected chi connectivity index (χ1v) is 8.88. The Morgan fingerprint density at radius 3 is 2.63 bits per heavy atom. The van der Waals surface area contributed by atoms with Crippen molar-refractivity contribution < 1.29 is 27.4 Å². The van der Waals surface area contributed by atoms with Crippen LogP contribution >= 0.6 is 0 Å². The van der Waals surface area contributed by atoms with Crippen molar-refractivity contribution >= 4 is 11.6 Å². The summed E-state index contributed by atoms with van der Waals surface area (Å²) >= 11 is 0. The van der Waals surface area contributed by atoms with E-state index in [-0.39, 0.29) is 18.9 Å². The lowest BCUT2D eigenvalue weighted by atomic mass is 10.1. The molecule has 1 aliphatic rings. The lowest BCUT2D eigenvalue weighted by Gasteiger charge is -2.11. The molecule has 0 saturated carbocycles. The van der Waals surface area contributed by atoms with Crippen LogP contribution < -0.4 is 20.3 Å². The Morgan fingerprint density at radius 2 is 1.83 bits per heavy atom. The molecule has 0 spiro atoms. The summed E-state index contributed by atoms with van der Waals surface area (Å²) in [4.78, 5) is 25.3. The average Bonchev–Trinajstić information content (AvgIpc) is 3.17. The van der Waals surface area contributed by atoms with Crippen molar-refractivity contribution in [1.82, 2.24) is 4.57 Å². The van der Waals surface area contributed by atoms with Gasteiger partial charge in [0, 0.05) is 18.0 Å². The minimum atomic E-state index is -4.48. The molecule has 30 heavy (non-hydrogen) atoms. The van der Waals surface area contributed by atoms with Crippen molar-refractivity contribution in [3.8, 4) is 11.5 Å². The van der Waals surface area contributed by atoms with Crippen LogP contribution in [0.1, 0.15) is 21.5 Å². The largest absolute Gasteiger partial charge is 0.454 e. The van der Waals surface area contributed by atoms with Gasteiger partial charge >= 0.3 is 6.18 Å². The highest BCUT2D eigenvalue weighted by molar-refractivity contribution is 6.04. The normalized spacial score (nSPS) is 12.6. The van der Waals surface area contributed by atoms with E-state index in [0.717, 1.165) is 12.1 Å². The highest BCUT2D eigenvalue weighted by atomic mass is 19.4. The number of aromatic nitrogens is 1. The number of benzene rings is 2. The number of carbonyl (C=O) groups is 1. The highest BCUT2D eigenvalue weighted by Gasteiger charge is 2.30. The fourth-order valence-electron chi connectivity index (χ4n) is 3.05. The van der Waals surface area contributed by atoms with Gasteiger partial charge in [-0.25, -0.2) is 0 Å². The Balaban J connectivity index is 1.56. The molecule has 2 heterocycles. The summed E-state index contributed by atoms with van der Waals surface area (Å²) in [6.07, 6.45) is -3.06. The van der Waals surface area contributed by atoms with Crippen LogP contribution in [-0.2, 0) is 12.7 Å². The third-order valence-electron chi connectivity index (χ3n) is 4.50. The van der Waals surface area contributed by atoms with Crippen LogP contribution in [0.4, 0.5) is 18.9 Å². The lowest BCUT2D eigenvalue weighted by Crippen LogP contribution is -2.29. The first-order chi connectivity index (χ1) is 14.3. The zero-order chi connectivity index (χ0) is 21.3. The summed E-state index contributed by atoms with van der Waals surface area (Å²) in [5, 5.41) is 2.61. The van der Waals surface area contributed by atoms with Gasteiger partial charge in [0.2, 0.25) is 6.79 Å². The van der Waals surface area contributed by atoms with Gasteiger partial charge in [-0.15, -0.1) is 0 Å². The minimum Gasteiger partial charge on any atom is -0.454 e. The summed E-state index contributed by atoms with van der Waals surface area (Å²) in [5.41, 5.74) is -0.850. The number of ether oxygens (including phenoxy) is 2. The number of pyridine rings is 1. The number of nitrogens with zero attached hydrogens (tertiary/aromatic N) is 1. The molecule has 6 nitrogen and oxygen atoms in total. The summed E-state index contributed by atoms with van der Waals surface area (Å²) < 4.78 is 50.4. The summed E-state index contributed by atoms with van der Waals surface area (Å²) in [6, 6.07) is 12.4. The number of alkyl halides is 3. The average molecular weight is 416 g/mol. The molecule has 1 amide bonds. The zero-order valence-electron chi connectivity index (χ0n) is 15.4. The number of amides is 1. The molecule has 0 bridgehead atoms. The number of halogens is 3. The second kappa shape index (κ2) is 7.58. The smallest absolute Gasteiger partial charge is 0.416 e. The maximum atomic E-state index is 12.9. The molecular weight excluding hydrogens is 401 g/mol. The van der Waals surface area contributed by atoms with Crippen LogP contribution in [0.3, 0.4) is 0 Å². The van der Waals surface area contributed by atoms with E-state index in [4.69, 9.17) is 9.47 Å². The summed E-state index contributed by atoms with van der Waals surface area (Å²) in [6.45, 7) is -0.0143. The minimum absolute atomic E-state index is 0.0890. The van der Waals surface area contributed by atoms with Crippen molar-refractivity contribution in [2.24, 2.45) is 0 Å². The molecule has 9 heteroatoms. The fraction of sp³-hybridized carbons (Fsp3) is 0.143. The van der Waals surface area contributed by atoms with Gasteiger partial charge in [-0.2, -0.15) is 13.2 Å². The van der Waals surface area contributed by atoms with Gasteiger partial charge in [-0.05, 0) is 42.0 Å². The summed E-state index contributed by atoms with van der Waals surface area (Å²) in [5.74, 6) is 0.385.